The fourth-order valence-corrected chi connectivity index (χ4v) is 5.48. The van der Waals surface area contributed by atoms with Gasteiger partial charge in [0.1, 0.15) is 6.04 Å². The summed E-state index contributed by atoms with van der Waals surface area (Å²) in [4.78, 5) is 40.8. The number of amides is 3. The molecule has 3 amide bonds. The van der Waals surface area contributed by atoms with Crippen LogP contribution in [0.1, 0.15) is 69.8 Å². The minimum absolute atomic E-state index is 0.102. The van der Waals surface area contributed by atoms with Crippen LogP contribution in [0.4, 0.5) is 0 Å². The number of imide groups is 1. The van der Waals surface area contributed by atoms with E-state index in [0.29, 0.717) is 24.4 Å². The molecule has 1 unspecified atom stereocenters. The number of hydrogen-bond donors (Lipinski definition) is 1. The highest BCUT2D eigenvalue weighted by atomic mass is 16.2. The van der Waals surface area contributed by atoms with Gasteiger partial charge in [0.2, 0.25) is 11.8 Å². The molecule has 172 valence electrons. The minimum atomic E-state index is -0.556. The maximum Gasteiger partial charge on any atom is 0.255 e. The van der Waals surface area contributed by atoms with Crippen LogP contribution >= 0.6 is 0 Å². The van der Waals surface area contributed by atoms with Gasteiger partial charge in [-0.1, -0.05) is 35.9 Å². The van der Waals surface area contributed by atoms with Gasteiger partial charge in [-0.3, -0.25) is 24.6 Å². The number of carbonyl (C=O) groups excluding carboxylic acids is 3. The Morgan fingerprint density at radius 2 is 1.76 bits per heavy atom. The normalized spacial score (nSPS) is 21.9. The zero-order valence-electron chi connectivity index (χ0n) is 19.4. The Bertz CT molecular complexity index is 1120. The Labute approximate surface area is 194 Å². The highest BCUT2D eigenvalue weighted by molar-refractivity contribution is 6.05. The summed E-state index contributed by atoms with van der Waals surface area (Å²) in [5.41, 5.74) is 7.06. The van der Waals surface area contributed by atoms with Crippen LogP contribution < -0.4 is 5.32 Å². The first-order chi connectivity index (χ1) is 15.9. The summed E-state index contributed by atoms with van der Waals surface area (Å²) in [6, 6.07) is 12.3. The van der Waals surface area contributed by atoms with Crippen LogP contribution in [0.2, 0.25) is 0 Å². The van der Waals surface area contributed by atoms with Crippen LogP contribution in [0.25, 0.3) is 0 Å². The van der Waals surface area contributed by atoms with E-state index in [4.69, 9.17) is 0 Å². The summed E-state index contributed by atoms with van der Waals surface area (Å²) in [6.45, 7) is 7.91. The second kappa shape index (κ2) is 8.75. The van der Waals surface area contributed by atoms with E-state index in [2.05, 4.69) is 54.4 Å². The molecule has 3 aliphatic heterocycles. The average Bonchev–Trinajstić information content (AvgIpc) is 3.12. The molecule has 0 saturated carbocycles. The molecule has 3 aliphatic rings. The molecule has 0 radical (unpaired) electrons. The van der Waals surface area contributed by atoms with Gasteiger partial charge in [-0.25, -0.2) is 0 Å². The van der Waals surface area contributed by atoms with E-state index in [-0.39, 0.29) is 24.1 Å². The van der Waals surface area contributed by atoms with Gasteiger partial charge in [0.15, 0.2) is 0 Å². The van der Waals surface area contributed by atoms with E-state index < -0.39 is 6.04 Å². The Morgan fingerprint density at radius 1 is 0.970 bits per heavy atom. The zero-order valence-corrected chi connectivity index (χ0v) is 19.4. The van der Waals surface area contributed by atoms with Crippen molar-refractivity contribution >= 4 is 17.7 Å². The number of nitrogens with zero attached hydrogens (tertiary/aromatic N) is 2. The van der Waals surface area contributed by atoms with Crippen LogP contribution in [0.5, 0.6) is 0 Å². The highest BCUT2D eigenvalue weighted by Crippen LogP contribution is 2.34. The molecule has 3 heterocycles. The van der Waals surface area contributed by atoms with Crippen molar-refractivity contribution in [3.63, 3.8) is 0 Å². The molecule has 0 aliphatic carbocycles. The van der Waals surface area contributed by atoms with E-state index in [1.807, 2.05) is 6.07 Å². The highest BCUT2D eigenvalue weighted by Gasteiger charge is 2.39. The fourth-order valence-electron chi connectivity index (χ4n) is 5.48. The smallest absolute Gasteiger partial charge is 0.255 e. The zero-order chi connectivity index (χ0) is 23.1. The average molecular weight is 446 g/mol. The van der Waals surface area contributed by atoms with Gasteiger partial charge in [0, 0.05) is 25.1 Å². The molecule has 0 bridgehead atoms. The summed E-state index contributed by atoms with van der Waals surface area (Å²) in [5.74, 6) is -0.227. The molecule has 2 fully saturated rings. The van der Waals surface area contributed by atoms with Crippen molar-refractivity contribution in [2.45, 2.75) is 64.6 Å². The first kappa shape index (κ1) is 21.8. The predicted octanol–water partition coefficient (Wildman–Crippen LogP) is 3.44. The second-order valence-electron chi connectivity index (χ2n) is 9.80. The van der Waals surface area contributed by atoms with Gasteiger partial charge in [-0.2, -0.15) is 0 Å². The van der Waals surface area contributed by atoms with Crippen LogP contribution in [0.15, 0.2) is 36.4 Å². The van der Waals surface area contributed by atoms with Crippen LogP contribution in [0.3, 0.4) is 0 Å². The summed E-state index contributed by atoms with van der Waals surface area (Å²) in [5, 5.41) is 2.37. The predicted molar refractivity (Wildman–Crippen MR) is 126 cm³/mol. The Morgan fingerprint density at radius 3 is 2.52 bits per heavy atom. The molecular weight excluding hydrogens is 414 g/mol. The van der Waals surface area contributed by atoms with E-state index in [1.54, 1.807) is 4.90 Å². The topological polar surface area (TPSA) is 69.7 Å². The molecule has 2 aromatic rings. The number of aryl methyl sites for hydroxylation is 2. The van der Waals surface area contributed by atoms with Crippen molar-refractivity contribution in [2.24, 2.45) is 0 Å². The van der Waals surface area contributed by atoms with Gasteiger partial charge >= 0.3 is 0 Å². The number of benzene rings is 2. The molecule has 2 saturated heterocycles. The number of likely N-dealkylation sites (tertiary alicyclic amines) is 1. The molecule has 1 atom stereocenters. The standard InChI is InChI=1S/C27H31N3O3/c1-17-3-4-18(2)21(13-17)15-29-11-9-19(10-12-29)20-5-6-23-22(14-20)16-30(27(23)33)24-7-8-25(31)28-26(24)32/h3-6,13-14,19,24H,7-12,15-16H2,1-2H3,(H,28,31,32). The van der Waals surface area contributed by atoms with Gasteiger partial charge < -0.3 is 4.90 Å². The third-order valence-corrected chi connectivity index (χ3v) is 7.51. The second-order valence-corrected chi connectivity index (χ2v) is 9.80. The molecule has 2 aromatic carbocycles. The first-order valence-electron chi connectivity index (χ1n) is 11.9. The summed E-state index contributed by atoms with van der Waals surface area (Å²) < 4.78 is 0. The minimum Gasteiger partial charge on any atom is -0.322 e. The summed E-state index contributed by atoms with van der Waals surface area (Å²) >= 11 is 0. The third-order valence-electron chi connectivity index (χ3n) is 7.51. The quantitative estimate of drug-likeness (QED) is 0.732. The molecule has 1 N–H and O–H groups in total. The Balaban J connectivity index is 1.23. The van der Waals surface area contributed by atoms with Crippen molar-refractivity contribution < 1.29 is 14.4 Å². The number of rotatable bonds is 4. The van der Waals surface area contributed by atoms with E-state index >= 15 is 0 Å². The molecule has 6 nitrogen and oxygen atoms in total. The van der Waals surface area contributed by atoms with Gasteiger partial charge in [0.25, 0.3) is 5.91 Å². The lowest BCUT2D eigenvalue weighted by atomic mass is 9.87. The molecule has 5 rings (SSSR count). The van der Waals surface area contributed by atoms with Crippen molar-refractivity contribution in [1.29, 1.82) is 0 Å². The number of carbonyl (C=O) groups is 3. The van der Waals surface area contributed by atoms with Crippen molar-refractivity contribution in [3.8, 4) is 0 Å². The van der Waals surface area contributed by atoms with Gasteiger partial charge in [-0.15, -0.1) is 0 Å². The molecular formula is C27H31N3O3. The third kappa shape index (κ3) is 4.32. The van der Waals surface area contributed by atoms with Gasteiger partial charge in [-0.05, 0) is 80.4 Å². The first-order valence-corrected chi connectivity index (χ1v) is 11.9. The largest absolute Gasteiger partial charge is 0.322 e. The van der Waals surface area contributed by atoms with E-state index in [0.717, 1.165) is 38.0 Å². The van der Waals surface area contributed by atoms with E-state index in [1.165, 1.54) is 22.3 Å². The van der Waals surface area contributed by atoms with Crippen molar-refractivity contribution in [1.82, 2.24) is 15.1 Å². The molecule has 0 spiro atoms. The molecule has 0 aromatic heterocycles. The van der Waals surface area contributed by atoms with Crippen molar-refractivity contribution in [2.75, 3.05) is 13.1 Å². The number of nitrogens with one attached hydrogen (secondary N) is 1. The van der Waals surface area contributed by atoms with Gasteiger partial charge in [0.05, 0.1) is 0 Å². The lowest BCUT2D eigenvalue weighted by molar-refractivity contribution is -0.136. The van der Waals surface area contributed by atoms with Crippen LogP contribution in [0, 0.1) is 13.8 Å². The Kier molecular flexibility index (Phi) is 5.79. The lowest BCUT2D eigenvalue weighted by Gasteiger charge is -2.32. The summed E-state index contributed by atoms with van der Waals surface area (Å²) in [6.07, 6.45) is 2.89. The molecule has 6 heteroatoms. The SMILES string of the molecule is Cc1ccc(C)c(CN2CCC(c3ccc4c(c3)CN(C3CCC(=O)NC3=O)C4=O)CC2)c1. The lowest BCUT2D eigenvalue weighted by Crippen LogP contribution is -2.52. The van der Waals surface area contributed by atoms with Crippen LogP contribution in [-0.4, -0.2) is 46.7 Å². The molecule has 33 heavy (non-hydrogen) atoms. The Hall–Kier alpha value is -2.99. The van der Waals surface area contributed by atoms with Crippen LogP contribution in [-0.2, 0) is 22.7 Å². The van der Waals surface area contributed by atoms with E-state index in [9.17, 15) is 14.4 Å². The number of hydrogen-bond acceptors (Lipinski definition) is 4. The fraction of sp³-hybridized carbons (Fsp3) is 0.444. The summed E-state index contributed by atoms with van der Waals surface area (Å²) in [7, 11) is 0. The monoisotopic (exact) mass is 445 g/mol. The number of fused-ring (bicyclic) bond motifs is 1. The number of piperidine rings is 2. The maximum atomic E-state index is 12.9. The van der Waals surface area contributed by atoms with Crippen molar-refractivity contribution in [3.05, 3.63) is 69.8 Å². The maximum absolute atomic E-state index is 12.9.